The molecule has 29 heavy (non-hydrogen) atoms. The van der Waals surface area contributed by atoms with Crippen molar-refractivity contribution in [2.75, 3.05) is 26.2 Å². The lowest BCUT2D eigenvalue weighted by atomic mass is 10.0. The van der Waals surface area contributed by atoms with E-state index >= 15 is 0 Å². The smallest absolute Gasteiger partial charge is 0.262 e. The van der Waals surface area contributed by atoms with E-state index in [2.05, 4.69) is 16.0 Å². The maximum Gasteiger partial charge on any atom is 0.262 e. The zero-order valence-electron chi connectivity index (χ0n) is 16.0. The van der Waals surface area contributed by atoms with Crippen molar-refractivity contribution in [3.8, 4) is 0 Å². The fourth-order valence-electron chi connectivity index (χ4n) is 4.00. The van der Waals surface area contributed by atoms with Crippen LogP contribution in [0.3, 0.4) is 0 Å². The molecule has 3 aliphatic heterocycles. The molecule has 0 aromatic heterocycles. The quantitative estimate of drug-likeness (QED) is 0.574. The molecular weight excluding hydrogens is 376 g/mol. The molecule has 9 nitrogen and oxygen atoms in total. The Kier molecular flexibility index (Phi) is 5.70. The number of nitrogens with one attached hydrogen (secondary N) is 3. The van der Waals surface area contributed by atoms with E-state index in [1.165, 1.54) is 0 Å². The first-order valence-electron chi connectivity index (χ1n) is 9.93. The van der Waals surface area contributed by atoms with Gasteiger partial charge in [-0.1, -0.05) is 12.1 Å². The second-order valence-corrected chi connectivity index (χ2v) is 7.47. The van der Waals surface area contributed by atoms with Crippen LogP contribution in [-0.2, 0) is 20.9 Å². The molecule has 0 aliphatic carbocycles. The van der Waals surface area contributed by atoms with Crippen LogP contribution in [-0.4, -0.2) is 66.9 Å². The van der Waals surface area contributed by atoms with Crippen LogP contribution < -0.4 is 16.0 Å². The third-order valence-corrected chi connectivity index (χ3v) is 5.47. The molecule has 4 rings (SSSR count). The van der Waals surface area contributed by atoms with Gasteiger partial charge in [0.2, 0.25) is 11.8 Å². The number of carbonyl (C=O) groups is 4. The summed E-state index contributed by atoms with van der Waals surface area (Å²) >= 11 is 0. The van der Waals surface area contributed by atoms with E-state index in [0.717, 1.165) is 24.4 Å². The van der Waals surface area contributed by atoms with E-state index in [1.807, 2.05) is 0 Å². The van der Waals surface area contributed by atoms with Crippen LogP contribution in [0.15, 0.2) is 18.2 Å². The van der Waals surface area contributed by atoms with Crippen molar-refractivity contribution in [2.45, 2.75) is 38.0 Å². The number of hydrogen-bond donors (Lipinski definition) is 3. The average molecular weight is 400 g/mol. The zero-order chi connectivity index (χ0) is 20.4. The molecule has 0 bridgehead atoms. The summed E-state index contributed by atoms with van der Waals surface area (Å²) in [5.41, 5.74) is 1.33. The summed E-state index contributed by atoms with van der Waals surface area (Å²) < 4.78 is 5.76. The van der Waals surface area contributed by atoms with E-state index in [4.69, 9.17) is 4.74 Å². The Morgan fingerprint density at radius 2 is 2.03 bits per heavy atom. The Hall–Kier alpha value is -2.62. The number of rotatable bonds is 5. The van der Waals surface area contributed by atoms with Gasteiger partial charge >= 0.3 is 0 Å². The standard InChI is InChI=1S/C20H24N4O5/c25-16-6-5-15(18(26)23-16)24-19(27)14-4-1-3-12(17(14)20(24)28)9-22-11-13-10-21-7-2-8-29-13/h1,3-4,13,15,21-22H,2,5-11H2,(H,23,25,26). The van der Waals surface area contributed by atoms with Crippen molar-refractivity contribution >= 4 is 23.6 Å². The molecule has 2 unspecified atom stereocenters. The summed E-state index contributed by atoms with van der Waals surface area (Å²) in [4.78, 5) is 50.5. The minimum Gasteiger partial charge on any atom is -0.376 e. The highest BCUT2D eigenvalue weighted by molar-refractivity contribution is 6.24. The number of hydrogen-bond acceptors (Lipinski definition) is 7. The van der Waals surface area contributed by atoms with Crippen LogP contribution in [0.25, 0.3) is 0 Å². The van der Waals surface area contributed by atoms with E-state index in [9.17, 15) is 19.2 Å². The molecule has 0 spiro atoms. The van der Waals surface area contributed by atoms with Gasteiger partial charge in [0.25, 0.3) is 11.8 Å². The Balaban J connectivity index is 1.47. The van der Waals surface area contributed by atoms with Gasteiger partial charge in [-0.2, -0.15) is 0 Å². The molecule has 3 N–H and O–H groups in total. The molecule has 2 atom stereocenters. The van der Waals surface area contributed by atoms with E-state index < -0.39 is 23.8 Å². The lowest BCUT2D eigenvalue weighted by molar-refractivity contribution is -0.136. The van der Waals surface area contributed by atoms with Gasteiger partial charge in [0.1, 0.15) is 6.04 Å². The maximum absolute atomic E-state index is 13.0. The van der Waals surface area contributed by atoms with Crippen LogP contribution in [0.5, 0.6) is 0 Å². The summed E-state index contributed by atoms with van der Waals surface area (Å²) in [6.45, 7) is 3.45. The Labute approximate surface area is 168 Å². The average Bonchev–Trinajstić information content (AvgIpc) is 2.87. The van der Waals surface area contributed by atoms with E-state index in [-0.39, 0.29) is 24.9 Å². The van der Waals surface area contributed by atoms with Crippen LogP contribution >= 0.6 is 0 Å². The molecule has 1 aromatic rings. The number of amides is 4. The molecule has 3 heterocycles. The first-order chi connectivity index (χ1) is 14.1. The predicted octanol–water partition coefficient (Wildman–Crippen LogP) is -0.444. The number of piperidine rings is 1. The summed E-state index contributed by atoms with van der Waals surface area (Å²) in [5, 5.41) is 8.83. The van der Waals surface area contributed by atoms with Crippen LogP contribution in [0.1, 0.15) is 45.5 Å². The van der Waals surface area contributed by atoms with Crippen molar-refractivity contribution in [2.24, 2.45) is 0 Å². The fourth-order valence-corrected chi connectivity index (χ4v) is 4.00. The minimum atomic E-state index is -0.952. The highest BCUT2D eigenvalue weighted by Gasteiger charge is 2.45. The number of ether oxygens (including phenoxy) is 1. The fraction of sp³-hybridized carbons (Fsp3) is 0.500. The van der Waals surface area contributed by atoms with Gasteiger partial charge in [-0.3, -0.25) is 29.4 Å². The van der Waals surface area contributed by atoms with Crippen molar-refractivity contribution in [1.82, 2.24) is 20.9 Å². The summed E-state index contributed by atoms with van der Waals surface area (Å²) in [7, 11) is 0. The van der Waals surface area contributed by atoms with Gasteiger partial charge in [-0.15, -0.1) is 0 Å². The molecule has 9 heteroatoms. The summed E-state index contributed by atoms with van der Waals surface area (Å²) in [6, 6.07) is 4.19. The summed E-state index contributed by atoms with van der Waals surface area (Å²) in [6.07, 6.45) is 1.28. The van der Waals surface area contributed by atoms with Crippen LogP contribution in [0.4, 0.5) is 0 Å². The molecule has 154 valence electrons. The van der Waals surface area contributed by atoms with Gasteiger partial charge in [0, 0.05) is 32.7 Å². The maximum atomic E-state index is 13.0. The zero-order valence-corrected chi connectivity index (χ0v) is 16.0. The van der Waals surface area contributed by atoms with Crippen molar-refractivity contribution in [3.63, 3.8) is 0 Å². The highest BCUT2D eigenvalue weighted by Crippen LogP contribution is 2.29. The Bertz CT molecular complexity index is 847. The van der Waals surface area contributed by atoms with Gasteiger partial charge in [0.05, 0.1) is 17.2 Å². The Morgan fingerprint density at radius 3 is 2.86 bits per heavy atom. The molecule has 0 radical (unpaired) electrons. The molecule has 2 fully saturated rings. The Morgan fingerprint density at radius 1 is 1.17 bits per heavy atom. The molecule has 2 saturated heterocycles. The monoisotopic (exact) mass is 400 g/mol. The van der Waals surface area contributed by atoms with Crippen LogP contribution in [0, 0.1) is 0 Å². The topological polar surface area (TPSA) is 117 Å². The molecule has 4 amide bonds. The van der Waals surface area contributed by atoms with E-state index in [0.29, 0.717) is 36.4 Å². The first kappa shape index (κ1) is 19.7. The lowest BCUT2D eigenvalue weighted by Crippen LogP contribution is -2.54. The SMILES string of the molecule is O=C1CCC(N2C(=O)c3cccc(CNCC4CNCCCO4)c3C2=O)C(=O)N1. The van der Waals surface area contributed by atoms with Gasteiger partial charge in [-0.25, -0.2) is 0 Å². The largest absolute Gasteiger partial charge is 0.376 e. The van der Waals surface area contributed by atoms with Crippen molar-refractivity contribution in [1.29, 1.82) is 0 Å². The lowest BCUT2D eigenvalue weighted by Gasteiger charge is -2.27. The van der Waals surface area contributed by atoms with Gasteiger partial charge < -0.3 is 15.4 Å². The number of carbonyl (C=O) groups excluding carboxylic acids is 4. The number of fused-ring (bicyclic) bond motifs is 1. The second kappa shape index (κ2) is 8.40. The number of imide groups is 2. The number of benzene rings is 1. The normalized spacial score (nSPS) is 25.0. The van der Waals surface area contributed by atoms with E-state index in [1.54, 1.807) is 18.2 Å². The van der Waals surface area contributed by atoms with Gasteiger partial charge in [0.15, 0.2) is 0 Å². The molecule has 0 saturated carbocycles. The highest BCUT2D eigenvalue weighted by atomic mass is 16.5. The number of nitrogens with zero attached hydrogens (tertiary/aromatic N) is 1. The second-order valence-electron chi connectivity index (χ2n) is 7.47. The predicted molar refractivity (Wildman–Crippen MR) is 102 cm³/mol. The summed E-state index contributed by atoms with van der Waals surface area (Å²) in [5.74, 6) is -1.96. The van der Waals surface area contributed by atoms with Gasteiger partial charge in [-0.05, 0) is 31.0 Å². The third-order valence-electron chi connectivity index (χ3n) is 5.47. The molecule has 1 aromatic carbocycles. The van der Waals surface area contributed by atoms with Crippen molar-refractivity contribution in [3.05, 3.63) is 34.9 Å². The molecular formula is C20H24N4O5. The molecule has 3 aliphatic rings. The first-order valence-corrected chi connectivity index (χ1v) is 9.93. The van der Waals surface area contributed by atoms with Crippen LogP contribution in [0.2, 0.25) is 0 Å². The minimum absolute atomic E-state index is 0.0477. The van der Waals surface area contributed by atoms with Crippen molar-refractivity contribution < 1.29 is 23.9 Å². The third kappa shape index (κ3) is 3.93.